The number of hydrogen-bond donors (Lipinski definition) is 1. The maximum Gasteiger partial charge on any atom is 0.307 e. The van der Waals surface area contributed by atoms with Gasteiger partial charge in [-0.1, -0.05) is 12.1 Å². The lowest BCUT2D eigenvalue weighted by Gasteiger charge is -2.11. The number of carbonyl (C=O) groups is 1. The summed E-state index contributed by atoms with van der Waals surface area (Å²) in [5.41, 5.74) is 0.711. The van der Waals surface area contributed by atoms with Gasteiger partial charge in [-0.25, -0.2) is 4.39 Å². The Morgan fingerprint density at radius 3 is 2.68 bits per heavy atom. The Morgan fingerprint density at radius 1 is 1.32 bits per heavy atom. The summed E-state index contributed by atoms with van der Waals surface area (Å²) < 4.78 is 14.1. The van der Waals surface area contributed by atoms with Crippen molar-refractivity contribution >= 4 is 33.2 Å². The van der Waals surface area contributed by atoms with Crippen molar-refractivity contribution in [1.82, 2.24) is 0 Å². The molecule has 1 unspecified atom stereocenters. The number of thiophene rings is 1. The smallest absolute Gasteiger partial charge is 0.307 e. The molecule has 0 bridgehead atoms. The molecule has 1 atom stereocenters. The Bertz CT molecular complexity index is 582. The van der Waals surface area contributed by atoms with Crippen molar-refractivity contribution in [3.05, 3.63) is 56.4 Å². The second-order valence-electron chi connectivity index (χ2n) is 4.28. The fourth-order valence-electron chi connectivity index (χ4n) is 1.90. The summed E-state index contributed by atoms with van der Waals surface area (Å²) in [5.74, 6) is -1.72. The second-order valence-corrected chi connectivity index (χ2v) is 6.83. The Balaban J connectivity index is 2.10. The first kappa shape index (κ1) is 14.2. The minimum atomic E-state index is -0.853. The van der Waals surface area contributed by atoms with Crippen LogP contribution in [0.4, 0.5) is 4.39 Å². The van der Waals surface area contributed by atoms with E-state index in [9.17, 15) is 14.3 Å². The van der Waals surface area contributed by atoms with Crippen LogP contribution in [0.2, 0.25) is 0 Å². The molecule has 0 amide bonds. The third-order valence-corrected chi connectivity index (χ3v) is 4.44. The zero-order valence-corrected chi connectivity index (χ0v) is 12.4. The number of benzene rings is 1. The molecule has 1 aromatic carbocycles. The van der Waals surface area contributed by atoms with Crippen LogP contribution in [0.25, 0.3) is 0 Å². The van der Waals surface area contributed by atoms with E-state index in [4.69, 9.17) is 0 Å². The van der Waals surface area contributed by atoms with Gasteiger partial charge in [0.2, 0.25) is 0 Å². The molecule has 1 heterocycles. The Kier molecular flexibility index (Phi) is 4.71. The van der Waals surface area contributed by atoms with E-state index in [2.05, 4.69) is 15.9 Å². The summed E-state index contributed by atoms with van der Waals surface area (Å²) in [7, 11) is 0. The van der Waals surface area contributed by atoms with E-state index in [0.29, 0.717) is 18.4 Å². The summed E-state index contributed by atoms with van der Waals surface area (Å²) in [5, 5.41) is 9.27. The van der Waals surface area contributed by atoms with E-state index in [1.54, 1.807) is 12.1 Å². The zero-order valence-electron chi connectivity index (χ0n) is 9.98. The van der Waals surface area contributed by atoms with Crippen molar-refractivity contribution in [3.63, 3.8) is 0 Å². The molecule has 0 aliphatic heterocycles. The fourth-order valence-corrected chi connectivity index (χ4v) is 3.46. The van der Waals surface area contributed by atoms with Crippen molar-refractivity contribution < 1.29 is 14.3 Å². The van der Waals surface area contributed by atoms with Crippen molar-refractivity contribution in [2.75, 3.05) is 0 Å². The molecule has 2 aromatic rings. The van der Waals surface area contributed by atoms with Gasteiger partial charge in [-0.15, -0.1) is 11.3 Å². The van der Waals surface area contributed by atoms with Gasteiger partial charge in [-0.3, -0.25) is 4.79 Å². The molecule has 19 heavy (non-hydrogen) atoms. The van der Waals surface area contributed by atoms with Crippen LogP contribution in [-0.2, 0) is 17.6 Å². The minimum absolute atomic E-state index is 0.333. The van der Waals surface area contributed by atoms with Crippen LogP contribution < -0.4 is 0 Å². The molecule has 100 valence electrons. The van der Waals surface area contributed by atoms with Gasteiger partial charge in [0, 0.05) is 4.88 Å². The third kappa shape index (κ3) is 4.14. The van der Waals surface area contributed by atoms with E-state index in [1.165, 1.54) is 23.5 Å². The molecule has 1 aromatic heterocycles. The largest absolute Gasteiger partial charge is 0.481 e. The van der Waals surface area contributed by atoms with E-state index in [1.807, 2.05) is 12.1 Å². The summed E-state index contributed by atoms with van der Waals surface area (Å²) >= 11 is 4.88. The number of aliphatic carboxylic acids is 1. The fraction of sp³-hybridized carbons (Fsp3) is 0.214. The van der Waals surface area contributed by atoms with Gasteiger partial charge >= 0.3 is 5.97 Å². The monoisotopic (exact) mass is 342 g/mol. The van der Waals surface area contributed by atoms with Gasteiger partial charge in [0.25, 0.3) is 0 Å². The van der Waals surface area contributed by atoms with Gasteiger partial charge in [0.05, 0.1) is 9.70 Å². The molecular weight excluding hydrogens is 331 g/mol. The highest BCUT2D eigenvalue weighted by Crippen LogP contribution is 2.25. The van der Waals surface area contributed by atoms with Crippen LogP contribution in [-0.4, -0.2) is 11.1 Å². The maximum atomic E-state index is 13.1. The number of rotatable bonds is 5. The van der Waals surface area contributed by atoms with Crippen LogP contribution >= 0.6 is 27.3 Å². The average molecular weight is 343 g/mol. The molecular formula is C14H12BrFO2S. The molecule has 0 radical (unpaired) electrons. The van der Waals surface area contributed by atoms with Gasteiger partial charge in [0.15, 0.2) is 0 Å². The van der Waals surface area contributed by atoms with Gasteiger partial charge < -0.3 is 5.11 Å². The first-order chi connectivity index (χ1) is 9.04. The Morgan fingerprint density at radius 2 is 2.11 bits per heavy atom. The highest BCUT2D eigenvalue weighted by Gasteiger charge is 2.19. The lowest BCUT2D eigenvalue weighted by molar-refractivity contribution is -0.141. The average Bonchev–Trinajstić information content (AvgIpc) is 2.74. The molecule has 0 spiro atoms. The predicted octanol–water partition coefficient (Wildman–Crippen LogP) is 4.14. The van der Waals surface area contributed by atoms with Crippen molar-refractivity contribution in [1.29, 1.82) is 0 Å². The second kappa shape index (κ2) is 6.30. The quantitative estimate of drug-likeness (QED) is 0.886. The molecule has 0 saturated carbocycles. The minimum Gasteiger partial charge on any atom is -0.481 e. The molecule has 1 N–H and O–H groups in total. The molecule has 0 fully saturated rings. The van der Waals surface area contributed by atoms with Crippen molar-refractivity contribution in [2.45, 2.75) is 12.8 Å². The van der Waals surface area contributed by atoms with Crippen LogP contribution in [0.5, 0.6) is 0 Å². The maximum absolute atomic E-state index is 13.1. The van der Waals surface area contributed by atoms with E-state index in [-0.39, 0.29) is 5.82 Å². The first-order valence-corrected chi connectivity index (χ1v) is 7.37. The topological polar surface area (TPSA) is 37.3 Å². The van der Waals surface area contributed by atoms with E-state index >= 15 is 0 Å². The molecule has 2 rings (SSSR count). The van der Waals surface area contributed by atoms with Gasteiger partial charge in [-0.2, -0.15) is 0 Å². The number of hydrogen-bond acceptors (Lipinski definition) is 2. The Hall–Kier alpha value is -1.20. The number of halogens is 2. The SMILES string of the molecule is O=C(O)C(Cc1cccc(F)c1)Cc1ccc(Br)s1. The summed E-state index contributed by atoms with van der Waals surface area (Å²) in [4.78, 5) is 12.3. The lowest BCUT2D eigenvalue weighted by Crippen LogP contribution is -2.18. The van der Waals surface area contributed by atoms with Crippen LogP contribution in [0.1, 0.15) is 10.4 Å². The van der Waals surface area contributed by atoms with Gasteiger partial charge in [0.1, 0.15) is 5.82 Å². The van der Waals surface area contributed by atoms with Crippen molar-refractivity contribution in [2.24, 2.45) is 5.92 Å². The summed E-state index contributed by atoms with van der Waals surface area (Å²) in [6.45, 7) is 0. The highest BCUT2D eigenvalue weighted by molar-refractivity contribution is 9.11. The van der Waals surface area contributed by atoms with E-state index < -0.39 is 11.9 Å². The Labute approximate surface area is 123 Å². The third-order valence-electron chi connectivity index (χ3n) is 2.80. The molecule has 5 heteroatoms. The van der Waals surface area contributed by atoms with Crippen LogP contribution in [0.3, 0.4) is 0 Å². The lowest BCUT2D eigenvalue weighted by atomic mass is 9.95. The van der Waals surface area contributed by atoms with Gasteiger partial charge in [-0.05, 0) is 58.6 Å². The number of carboxylic acids is 1. The summed E-state index contributed by atoms with van der Waals surface area (Å²) in [6, 6.07) is 9.92. The molecule has 0 aliphatic carbocycles. The number of carboxylic acid groups (broad SMARTS) is 1. The normalized spacial score (nSPS) is 12.3. The van der Waals surface area contributed by atoms with Crippen LogP contribution in [0, 0.1) is 11.7 Å². The summed E-state index contributed by atoms with van der Waals surface area (Å²) in [6.07, 6.45) is 0.796. The molecule has 0 aliphatic rings. The standard InChI is InChI=1S/C14H12BrFO2S/c15-13-5-4-12(19-13)8-10(14(17)18)6-9-2-1-3-11(16)7-9/h1-5,7,10H,6,8H2,(H,17,18). The first-order valence-electron chi connectivity index (χ1n) is 5.76. The van der Waals surface area contributed by atoms with E-state index in [0.717, 1.165) is 8.66 Å². The molecule has 2 nitrogen and oxygen atoms in total. The highest BCUT2D eigenvalue weighted by atomic mass is 79.9. The predicted molar refractivity (Wildman–Crippen MR) is 77.0 cm³/mol. The molecule has 0 saturated heterocycles. The van der Waals surface area contributed by atoms with Crippen LogP contribution in [0.15, 0.2) is 40.2 Å². The zero-order chi connectivity index (χ0) is 13.8. The van der Waals surface area contributed by atoms with Crippen molar-refractivity contribution in [3.8, 4) is 0 Å².